The van der Waals surface area contributed by atoms with Gasteiger partial charge in [-0.05, 0) is 24.5 Å². The van der Waals surface area contributed by atoms with Gasteiger partial charge in [0.05, 0.1) is 17.8 Å². The van der Waals surface area contributed by atoms with Crippen molar-refractivity contribution in [2.24, 2.45) is 5.10 Å². The first-order valence-electron chi connectivity index (χ1n) is 8.90. The van der Waals surface area contributed by atoms with Gasteiger partial charge in [0.1, 0.15) is 16.6 Å². The maximum absolute atomic E-state index is 14.1. The third-order valence-corrected chi connectivity index (χ3v) is 5.55. The van der Waals surface area contributed by atoms with Crippen molar-refractivity contribution in [1.82, 2.24) is 10.4 Å². The number of carbonyl (C=O) groups is 1. The zero-order chi connectivity index (χ0) is 19.7. The van der Waals surface area contributed by atoms with Crippen LogP contribution in [0.5, 0.6) is 5.75 Å². The van der Waals surface area contributed by atoms with Gasteiger partial charge in [-0.3, -0.25) is 4.79 Å². The first kappa shape index (κ1) is 18.3. The van der Waals surface area contributed by atoms with Gasteiger partial charge in [0.15, 0.2) is 0 Å². The average Bonchev–Trinajstić information content (AvgIpc) is 3.29. The van der Waals surface area contributed by atoms with Gasteiger partial charge in [0.2, 0.25) is 5.91 Å². The number of phenolic OH excluding ortho intramolecular Hbond substituents is 1. The van der Waals surface area contributed by atoms with Crippen molar-refractivity contribution in [3.63, 3.8) is 0 Å². The first-order chi connectivity index (χ1) is 13.5. The molecule has 0 saturated carbocycles. The molecule has 1 aliphatic rings. The SMILES string of the molecule is C[C@H]1C/C(=N\NC(=O)Cc2nc(-c3ccccc3)cs2)c2c(O)ccc(F)c21. The number of nitrogens with one attached hydrogen (secondary N) is 1. The standard InChI is InChI=1S/C21H18FN3O2S/c1-12-9-15(21-17(26)8-7-14(22)20(12)21)24-25-18(27)10-19-23-16(11-28-19)13-5-3-2-4-6-13/h2-8,11-12,26H,9-10H2,1H3,(H,25,27)/b24-15+/t12-/m0/s1. The van der Waals surface area contributed by atoms with Crippen molar-refractivity contribution in [1.29, 1.82) is 0 Å². The van der Waals surface area contributed by atoms with E-state index in [4.69, 9.17) is 0 Å². The number of rotatable bonds is 4. The number of hydrogen-bond donors (Lipinski definition) is 2. The molecule has 1 amide bonds. The van der Waals surface area contributed by atoms with Crippen LogP contribution in [0, 0.1) is 5.82 Å². The average molecular weight is 395 g/mol. The highest BCUT2D eigenvalue weighted by Gasteiger charge is 2.30. The Balaban J connectivity index is 1.46. The summed E-state index contributed by atoms with van der Waals surface area (Å²) in [5.74, 6) is -0.808. The van der Waals surface area contributed by atoms with Gasteiger partial charge < -0.3 is 5.11 Å². The molecule has 0 aliphatic heterocycles. The Morgan fingerprint density at radius 2 is 2.11 bits per heavy atom. The minimum absolute atomic E-state index is 0.0267. The lowest BCUT2D eigenvalue weighted by atomic mass is 10.0. The van der Waals surface area contributed by atoms with Crippen molar-refractivity contribution >= 4 is 23.0 Å². The second-order valence-electron chi connectivity index (χ2n) is 6.72. The molecule has 3 aromatic rings. The second kappa shape index (κ2) is 7.52. The van der Waals surface area contributed by atoms with E-state index < -0.39 is 0 Å². The van der Waals surface area contributed by atoms with E-state index in [1.807, 2.05) is 42.6 Å². The molecule has 142 valence electrons. The predicted molar refractivity (Wildman–Crippen MR) is 107 cm³/mol. The lowest BCUT2D eigenvalue weighted by molar-refractivity contribution is -0.120. The summed E-state index contributed by atoms with van der Waals surface area (Å²) in [5, 5.41) is 16.8. The van der Waals surface area contributed by atoms with Crippen LogP contribution in [0.25, 0.3) is 11.3 Å². The Kier molecular flexibility index (Phi) is 4.92. The number of aromatic hydroxyl groups is 1. The summed E-state index contributed by atoms with van der Waals surface area (Å²) in [6.07, 6.45) is 0.561. The quantitative estimate of drug-likeness (QED) is 0.650. The van der Waals surface area contributed by atoms with E-state index in [-0.39, 0.29) is 29.8 Å². The van der Waals surface area contributed by atoms with Crippen LogP contribution in [0.3, 0.4) is 0 Å². The highest BCUT2D eigenvalue weighted by atomic mass is 32.1. The molecule has 2 N–H and O–H groups in total. The number of carbonyl (C=O) groups excluding carboxylic acids is 1. The van der Waals surface area contributed by atoms with Crippen LogP contribution in [0.15, 0.2) is 52.9 Å². The van der Waals surface area contributed by atoms with Crippen molar-refractivity contribution in [3.8, 4) is 17.0 Å². The summed E-state index contributed by atoms with van der Waals surface area (Å²) in [7, 11) is 0. The van der Waals surface area contributed by atoms with E-state index in [0.717, 1.165) is 11.3 Å². The van der Waals surface area contributed by atoms with E-state index in [1.54, 1.807) is 0 Å². The topological polar surface area (TPSA) is 74.6 Å². The molecule has 4 rings (SSSR count). The Bertz CT molecular complexity index is 1060. The molecule has 0 unspecified atom stereocenters. The van der Waals surface area contributed by atoms with Gasteiger partial charge in [-0.2, -0.15) is 5.10 Å². The van der Waals surface area contributed by atoms with Gasteiger partial charge in [-0.25, -0.2) is 14.8 Å². The summed E-state index contributed by atoms with van der Waals surface area (Å²) < 4.78 is 14.1. The molecule has 2 aromatic carbocycles. The Hall–Kier alpha value is -3.06. The molecule has 0 fully saturated rings. The summed E-state index contributed by atoms with van der Waals surface area (Å²) in [4.78, 5) is 16.8. The minimum atomic E-state index is -0.368. The largest absolute Gasteiger partial charge is 0.507 e. The monoisotopic (exact) mass is 395 g/mol. The molecular weight excluding hydrogens is 377 g/mol. The fourth-order valence-corrected chi connectivity index (χ4v) is 4.21. The maximum atomic E-state index is 14.1. The van der Waals surface area contributed by atoms with Gasteiger partial charge in [-0.1, -0.05) is 37.3 Å². The number of nitrogens with zero attached hydrogens (tertiary/aromatic N) is 2. The van der Waals surface area contributed by atoms with Gasteiger partial charge in [-0.15, -0.1) is 11.3 Å². The predicted octanol–water partition coefficient (Wildman–Crippen LogP) is 4.23. The van der Waals surface area contributed by atoms with Crippen LogP contribution in [0.1, 0.15) is 35.4 Å². The van der Waals surface area contributed by atoms with Crippen LogP contribution in [-0.4, -0.2) is 21.7 Å². The van der Waals surface area contributed by atoms with E-state index in [1.165, 1.54) is 23.5 Å². The molecule has 1 heterocycles. The van der Waals surface area contributed by atoms with Crippen LogP contribution in [-0.2, 0) is 11.2 Å². The van der Waals surface area contributed by atoms with Crippen molar-refractivity contribution in [2.45, 2.75) is 25.7 Å². The highest BCUT2D eigenvalue weighted by Crippen LogP contribution is 2.39. The molecule has 0 saturated heterocycles. The Morgan fingerprint density at radius 1 is 1.32 bits per heavy atom. The fraction of sp³-hybridized carbons (Fsp3) is 0.190. The smallest absolute Gasteiger partial charge is 0.246 e. The second-order valence-corrected chi connectivity index (χ2v) is 7.67. The normalized spacial score (nSPS) is 16.9. The number of aromatic nitrogens is 1. The number of hydrazone groups is 1. The van der Waals surface area contributed by atoms with E-state index in [9.17, 15) is 14.3 Å². The van der Waals surface area contributed by atoms with E-state index in [2.05, 4.69) is 15.5 Å². The number of amides is 1. The van der Waals surface area contributed by atoms with Crippen molar-refractivity contribution < 1.29 is 14.3 Å². The van der Waals surface area contributed by atoms with E-state index in [0.29, 0.717) is 28.3 Å². The molecule has 1 atom stereocenters. The number of benzene rings is 2. The number of thiazole rings is 1. The first-order valence-corrected chi connectivity index (χ1v) is 9.78. The molecule has 1 aromatic heterocycles. The molecule has 7 heteroatoms. The number of fused-ring (bicyclic) bond motifs is 1. The van der Waals surface area contributed by atoms with Crippen molar-refractivity contribution in [2.75, 3.05) is 0 Å². The number of hydrogen-bond acceptors (Lipinski definition) is 5. The molecule has 1 aliphatic carbocycles. The molecule has 0 radical (unpaired) electrons. The Morgan fingerprint density at radius 3 is 2.89 bits per heavy atom. The van der Waals surface area contributed by atoms with Crippen LogP contribution < -0.4 is 5.43 Å². The number of halogens is 1. The fourth-order valence-electron chi connectivity index (χ4n) is 3.40. The molecule has 0 spiro atoms. The lowest BCUT2D eigenvalue weighted by Crippen LogP contribution is -2.21. The number of phenols is 1. The van der Waals surface area contributed by atoms with Crippen LogP contribution >= 0.6 is 11.3 Å². The highest BCUT2D eigenvalue weighted by molar-refractivity contribution is 7.10. The van der Waals surface area contributed by atoms with Gasteiger partial charge in [0, 0.05) is 22.1 Å². The summed E-state index contributed by atoms with van der Waals surface area (Å²) >= 11 is 1.41. The minimum Gasteiger partial charge on any atom is -0.507 e. The molecule has 28 heavy (non-hydrogen) atoms. The van der Waals surface area contributed by atoms with Crippen LogP contribution in [0.4, 0.5) is 4.39 Å². The molecule has 0 bridgehead atoms. The zero-order valence-electron chi connectivity index (χ0n) is 15.1. The summed E-state index contributed by atoms with van der Waals surface area (Å²) in [6.45, 7) is 1.87. The zero-order valence-corrected chi connectivity index (χ0v) is 16.0. The van der Waals surface area contributed by atoms with Gasteiger partial charge >= 0.3 is 0 Å². The molecular formula is C21H18FN3O2S. The summed E-state index contributed by atoms with van der Waals surface area (Å²) in [6, 6.07) is 12.3. The molecule has 5 nitrogen and oxygen atoms in total. The third-order valence-electron chi connectivity index (χ3n) is 4.70. The third kappa shape index (κ3) is 3.53. The lowest BCUT2D eigenvalue weighted by Gasteiger charge is -2.06. The van der Waals surface area contributed by atoms with Gasteiger partial charge in [0.25, 0.3) is 0 Å². The maximum Gasteiger partial charge on any atom is 0.246 e. The van der Waals surface area contributed by atoms with Crippen molar-refractivity contribution in [3.05, 3.63) is 69.8 Å². The van der Waals surface area contributed by atoms with Crippen LogP contribution in [0.2, 0.25) is 0 Å². The summed E-state index contributed by atoms with van der Waals surface area (Å²) in [5.41, 5.74) is 5.66. The van der Waals surface area contributed by atoms with E-state index >= 15 is 0 Å². The Labute approximate surface area is 165 Å².